The fourth-order valence-electron chi connectivity index (χ4n) is 3.96. The molecule has 0 heterocycles. The molecule has 0 aliphatic carbocycles. The van der Waals surface area contributed by atoms with Gasteiger partial charge in [-0.15, -0.1) is 0 Å². The molecule has 0 aliphatic rings. The number of alkyl carbamates (subject to hydrolysis) is 1. The van der Waals surface area contributed by atoms with E-state index in [9.17, 15) is 24.0 Å². The van der Waals surface area contributed by atoms with E-state index < -0.39 is 47.5 Å². The predicted octanol–water partition coefficient (Wildman–Crippen LogP) is 2.42. The number of nitrogens with zero attached hydrogens (tertiary/aromatic N) is 1. The van der Waals surface area contributed by atoms with Crippen LogP contribution in [0.15, 0.2) is 18.2 Å². The zero-order valence-electron chi connectivity index (χ0n) is 23.5. The van der Waals surface area contributed by atoms with Crippen LogP contribution in [0.25, 0.3) is 0 Å². The molecule has 4 amide bonds. The molecule has 0 aliphatic heterocycles. The second-order valence-electron chi connectivity index (χ2n) is 9.88. The van der Waals surface area contributed by atoms with E-state index in [-0.39, 0.29) is 39.0 Å². The van der Waals surface area contributed by atoms with Gasteiger partial charge in [0.25, 0.3) is 0 Å². The van der Waals surface area contributed by atoms with Crippen molar-refractivity contribution in [3.05, 3.63) is 34.9 Å². The zero-order chi connectivity index (χ0) is 29.0. The summed E-state index contributed by atoms with van der Waals surface area (Å²) in [5, 5.41) is 5.27. The number of primary amides is 1. The molecule has 0 radical (unpaired) electrons. The van der Waals surface area contributed by atoms with Crippen molar-refractivity contribution in [2.24, 2.45) is 5.73 Å². The molecule has 212 valence electrons. The molecule has 0 saturated carbocycles. The van der Waals surface area contributed by atoms with Crippen molar-refractivity contribution in [3.63, 3.8) is 0 Å². The van der Waals surface area contributed by atoms with Gasteiger partial charge in [-0.25, -0.2) is 4.79 Å². The van der Waals surface area contributed by atoms with Gasteiger partial charge in [0.15, 0.2) is 0 Å². The highest BCUT2D eigenvalue weighted by molar-refractivity contribution is 5.93. The maximum Gasteiger partial charge on any atom is 0.408 e. The Morgan fingerprint density at radius 1 is 1.03 bits per heavy atom. The highest BCUT2D eigenvalue weighted by Crippen LogP contribution is 2.28. The van der Waals surface area contributed by atoms with Crippen LogP contribution in [-0.2, 0) is 28.7 Å². The molecule has 1 rings (SSSR count). The third-order valence-corrected chi connectivity index (χ3v) is 5.60. The van der Waals surface area contributed by atoms with Crippen LogP contribution >= 0.6 is 0 Å². The Labute approximate surface area is 224 Å². The minimum atomic E-state index is -1.17. The number of hydrogen-bond acceptors (Lipinski definition) is 7. The summed E-state index contributed by atoms with van der Waals surface area (Å²) < 4.78 is 10.2. The van der Waals surface area contributed by atoms with Crippen molar-refractivity contribution < 1.29 is 33.4 Å². The molecule has 1 aromatic rings. The number of hydrogen-bond donors (Lipinski definition) is 3. The first-order valence-corrected chi connectivity index (χ1v) is 12.8. The van der Waals surface area contributed by atoms with Gasteiger partial charge in [-0.2, -0.15) is 0 Å². The summed E-state index contributed by atoms with van der Waals surface area (Å²) in [5.41, 5.74) is 6.70. The molecule has 2 unspecified atom stereocenters. The van der Waals surface area contributed by atoms with E-state index in [4.69, 9.17) is 15.2 Å². The van der Waals surface area contributed by atoms with Crippen molar-refractivity contribution in [3.8, 4) is 0 Å². The Hall–Kier alpha value is -3.63. The summed E-state index contributed by atoms with van der Waals surface area (Å²) in [6, 6.07) is 3.29. The summed E-state index contributed by atoms with van der Waals surface area (Å²) >= 11 is 0. The van der Waals surface area contributed by atoms with Crippen LogP contribution in [0.5, 0.6) is 0 Å². The average Bonchev–Trinajstić information content (AvgIpc) is 2.79. The normalized spacial score (nSPS) is 12.6. The lowest BCUT2D eigenvalue weighted by atomic mass is 9.93. The third kappa shape index (κ3) is 10.4. The highest BCUT2D eigenvalue weighted by Gasteiger charge is 2.36. The molecule has 0 fully saturated rings. The number of ether oxygens (including phenoxy) is 2. The minimum Gasteiger partial charge on any atom is -0.466 e. The first-order chi connectivity index (χ1) is 17.7. The van der Waals surface area contributed by atoms with E-state index >= 15 is 0 Å². The van der Waals surface area contributed by atoms with Crippen molar-refractivity contribution in [2.45, 2.75) is 85.4 Å². The lowest BCUT2D eigenvalue weighted by molar-refractivity contribution is -0.144. The average molecular weight is 535 g/mol. The second kappa shape index (κ2) is 14.9. The van der Waals surface area contributed by atoms with Gasteiger partial charge in [-0.3, -0.25) is 19.2 Å². The molecular weight excluding hydrogens is 492 g/mol. The maximum atomic E-state index is 13.8. The van der Waals surface area contributed by atoms with Gasteiger partial charge < -0.3 is 30.7 Å². The predicted molar refractivity (Wildman–Crippen MR) is 142 cm³/mol. The number of benzene rings is 1. The molecule has 0 aromatic heterocycles. The number of nitrogens with one attached hydrogen (secondary N) is 2. The van der Waals surface area contributed by atoms with Crippen LogP contribution in [0, 0.1) is 13.8 Å². The summed E-state index contributed by atoms with van der Waals surface area (Å²) in [5.74, 6) is -2.16. The Balaban J connectivity index is 3.39. The third-order valence-electron chi connectivity index (χ3n) is 5.60. The maximum absolute atomic E-state index is 13.8. The smallest absolute Gasteiger partial charge is 0.408 e. The summed E-state index contributed by atoms with van der Waals surface area (Å²) in [4.78, 5) is 64.5. The van der Waals surface area contributed by atoms with Gasteiger partial charge in [-0.1, -0.05) is 18.2 Å². The van der Waals surface area contributed by atoms with Gasteiger partial charge in [-0.05, 0) is 71.6 Å². The molecule has 0 bridgehead atoms. The Morgan fingerprint density at radius 2 is 1.63 bits per heavy atom. The van der Waals surface area contributed by atoms with Crippen LogP contribution in [-0.4, -0.2) is 66.0 Å². The van der Waals surface area contributed by atoms with E-state index in [0.717, 1.165) is 11.1 Å². The number of aryl methyl sites for hydroxylation is 2. The van der Waals surface area contributed by atoms with Crippen LogP contribution in [0.4, 0.5) is 4.79 Å². The summed E-state index contributed by atoms with van der Waals surface area (Å²) in [6.07, 6.45) is -1.10. The van der Waals surface area contributed by atoms with Gasteiger partial charge >= 0.3 is 12.1 Å². The fraction of sp³-hybridized carbons (Fsp3) is 0.593. The quantitative estimate of drug-likeness (QED) is 0.328. The zero-order valence-corrected chi connectivity index (χ0v) is 23.5. The molecule has 2 atom stereocenters. The largest absolute Gasteiger partial charge is 0.466 e. The number of likely N-dealkylation sites (N-methyl/N-ethyl adjacent to an activating group) is 1. The first kappa shape index (κ1) is 32.4. The second-order valence-corrected chi connectivity index (χ2v) is 9.88. The molecule has 11 nitrogen and oxygen atoms in total. The molecule has 1 aromatic carbocycles. The highest BCUT2D eigenvalue weighted by atomic mass is 16.6. The van der Waals surface area contributed by atoms with E-state index in [1.165, 1.54) is 4.90 Å². The monoisotopic (exact) mass is 534 g/mol. The van der Waals surface area contributed by atoms with Crippen LogP contribution in [0.1, 0.15) is 76.6 Å². The Kier molecular flexibility index (Phi) is 12.7. The van der Waals surface area contributed by atoms with Crippen LogP contribution in [0.2, 0.25) is 0 Å². The van der Waals surface area contributed by atoms with Crippen molar-refractivity contribution >= 4 is 29.8 Å². The lowest BCUT2D eigenvalue weighted by Gasteiger charge is -2.35. The Morgan fingerprint density at radius 3 is 2.13 bits per heavy atom. The topological polar surface area (TPSA) is 157 Å². The molecular formula is C27H42N4O7. The molecule has 38 heavy (non-hydrogen) atoms. The van der Waals surface area contributed by atoms with E-state index in [0.29, 0.717) is 5.56 Å². The number of amides is 4. The van der Waals surface area contributed by atoms with E-state index in [1.807, 2.05) is 32.0 Å². The van der Waals surface area contributed by atoms with Crippen molar-refractivity contribution in [2.75, 3.05) is 19.7 Å². The van der Waals surface area contributed by atoms with E-state index in [2.05, 4.69) is 10.6 Å². The van der Waals surface area contributed by atoms with Crippen LogP contribution in [0.3, 0.4) is 0 Å². The fourth-order valence-corrected chi connectivity index (χ4v) is 3.96. The SMILES string of the molecule is CCOC(=O)CCNC(=O)C(c1c(C)cccc1C)N(CC)C(=O)C(CCC(N)=O)NC(=O)OC(C)(C)C. The van der Waals surface area contributed by atoms with Gasteiger partial charge in [0.2, 0.25) is 17.7 Å². The number of nitrogens with two attached hydrogens (primary N) is 1. The molecule has 4 N–H and O–H groups in total. The van der Waals surface area contributed by atoms with Gasteiger partial charge in [0, 0.05) is 19.5 Å². The number of rotatable bonds is 13. The standard InChI is InChI=1S/C27H42N4O7/c1-8-31(25(35)19(13-14-20(28)32)30-26(36)38-27(5,6)7)23(22-17(3)11-10-12-18(22)4)24(34)29-16-15-21(33)37-9-2/h10-12,19,23H,8-9,13-16H2,1-7H3,(H2,28,32)(H,29,34)(H,30,36). The van der Waals surface area contributed by atoms with E-state index in [1.54, 1.807) is 34.6 Å². The molecule has 11 heteroatoms. The lowest BCUT2D eigenvalue weighted by Crippen LogP contribution is -2.53. The minimum absolute atomic E-state index is 0.0199. The molecule has 0 saturated heterocycles. The van der Waals surface area contributed by atoms with Crippen LogP contribution < -0.4 is 16.4 Å². The number of carbonyl (C=O) groups is 5. The molecule has 0 spiro atoms. The van der Waals surface area contributed by atoms with Crippen molar-refractivity contribution in [1.29, 1.82) is 0 Å². The van der Waals surface area contributed by atoms with Gasteiger partial charge in [0.1, 0.15) is 17.7 Å². The number of esters is 1. The number of carbonyl (C=O) groups excluding carboxylic acids is 5. The van der Waals surface area contributed by atoms with Gasteiger partial charge in [0.05, 0.1) is 13.0 Å². The van der Waals surface area contributed by atoms with Crippen molar-refractivity contribution in [1.82, 2.24) is 15.5 Å². The summed E-state index contributed by atoms with van der Waals surface area (Å²) in [7, 11) is 0. The summed E-state index contributed by atoms with van der Waals surface area (Å²) in [6.45, 7) is 12.5. The Bertz CT molecular complexity index is 983. The first-order valence-electron chi connectivity index (χ1n) is 12.8.